The van der Waals surface area contributed by atoms with Gasteiger partial charge in [0.1, 0.15) is 0 Å². The molecule has 1 N–H and O–H groups in total. The Kier molecular flexibility index (Phi) is 5.47. The number of carbonyl (C=O) groups excluding carboxylic acids is 1. The second kappa shape index (κ2) is 7.52. The lowest BCUT2D eigenvalue weighted by atomic mass is 9.53. The molecule has 2 saturated carbocycles. The summed E-state index contributed by atoms with van der Waals surface area (Å²) in [5.74, 6) is 2.65. The minimum absolute atomic E-state index is 0.0185. The second-order valence-corrected chi connectivity index (χ2v) is 11.3. The fourth-order valence-corrected chi connectivity index (χ4v) is 7.29. The Labute approximate surface area is 177 Å². The third-order valence-electron chi connectivity index (χ3n) is 9.06. The van der Waals surface area contributed by atoms with Gasteiger partial charge in [-0.1, -0.05) is 57.9 Å². The number of ketones is 1. The minimum atomic E-state index is -0.271. The summed E-state index contributed by atoms with van der Waals surface area (Å²) in [6.45, 7) is 11.8. The van der Waals surface area contributed by atoms with Gasteiger partial charge in [0.15, 0.2) is 5.78 Å². The summed E-state index contributed by atoms with van der Waals surface area (Å²) in [7, 11) is 0. The molecule has 0 unspecified atom stereocenters. The van der Waals surface area contributed by atoms with Gasteiger partial charge >= 0.3 is 0 Å². The van der Waals surface area contributed by atoms with E-state index in [2.05, 4.69) is 46.8 Å². The molecule has 2 heteroatoms. The van der Waals surface area contributed by atoms with Crippen LogP contribution in [0.3, 0.4) is 0 Å². The number of hydrogen-bond donors (Lipinski definition) is 1. The molecule has 4 rings (SSSR count). The van der Waals surface area contributed by atoms with Gasteiger partial charge in [-0.05, 0) is 86.5 Å². The number of rotatable bonds is 4. The fraction of sp³-hybridized carbons (Fsp3) is 0.741. The molecule has 160 valence electrons. The molecule has 0 aromatic heterocycles. The maximum absolute atomic E-state index is 13.3. The predicted octanol–water partition coefficient (Wildman–Crippen LogP) is 6.41. The molecule has 0 bridgehead atoms. The molecule has 4 aliphatic carbocycles. The highest BCUT2D eigenvalue weighted by atomic mass is 16.3. The van der Waals surface area contributed by atoms with Gasteiger partial charge in [-0.25, -0.2) is 0 Å². The van der Waals surface area contributed by atoms with Crippen LogP contribution in [0.2, 0.25) is 0 Å². The van der Waals surface area contributed by atoms with Crippen LogP contribution < -0.4 is 0 Å². The van der Waals surface area contributed by atoms with Gasteiger partial charge in [0, 0.05) is 11.0 Å². The SMILES string of the molecule is CC(C)C/C=C/[C@@H](C)[C@H]1CC[C@H]2C3=C(CC[C@]12C)[C@@]1(C)CC[C@H](O)CC1=CC3=O. The Morgan fingerprint density at radius 3 is 2.66 bits per heavy atom. The number of allylic oxidation sites excluding steroid dienone is 5. The zero-order valence-corrected chi connectivity index (χ0v) is 19.1. The van der Waals surface area contributed by atoms with Gasteiger partial charge in [0.2, 0.25) is 0 Å². The Morgan fingerprint density at radius 2 is 1.93 bits per heavy atom. The zero-order chi connectivity index (χ0) is 21.0. The van der Waals surface area contributed by atoms with E-state index in [1.54, 1.807) is 0 Å². The quantitative estimate of drug-likeness (QED) is 0.558. The number of hydrogen-bond acceptors (Lipinski definition) is 2. The average Bonchev–Trinajstić information content (AvgIpc) is 3.00. The third-order valence-corrected chi connectivity index (χ3v) is 9.06. The van der Waals surface area contributed by atoms with Crippen molar-refractivity contribution in [1.82, 2.24) is 0 Å². The topological polar surface area (TPSA) is 37.3 Å². The van der Waals surface area contributed by atoms with Crippen LogP contribution in [0.1, 0.15) is 86.0 Å². The van der Waals surface area contributed by atoms with Crippen LogP contribution in [0.15, 0.2) is 34.9 Å². The highest BCUT2D eigenvalue weighted by molar-refractivity contribution is 6.07. The first-order valence-corrected chi connectivity index (χ1v) is 12.0. The van der Waals surface area contributed by atoms with E-state index in [4.69, 9.17) is 0 Å². The van der Waals surface area contributed by atoms with Gasteiger partial charge < -0.3 is 5.11 Å². The van der Waals surface area contributed by atoms with E-state index in [1.165, 1.54) is 29.6 Å². The fourth-order valence-electron chi connectivity index (χ4n) is 7.29. The van der Waals surface area contributed by atoms with Crippen molar-refractivity contribution in [2.24, 2.45) is 34.5 Å². The van der Waals surface area contributed by atoms with Crippen LogP contribution in [-0.4, -0.2) is 17.0 Å². The lowest BCUT2D eigenvalue weighted by molar-refractivity contribution is -0.113. The van der Waals surface area contributed by atoms with Crippen molar-refractivity contribution in [2.75, 3.05) is 0 Å². The van der Waals surface area contributed by atoms with E-state index in [1.807, 2.05) is 6.08 Å². The Balaban J connectivity index is 1.62. The van der Waals surface area contributed by atoms with Gasteiger partial charge in [-0.3, -0.25) is 4.79 Å². The number of aliphatic hydroxyl groups is 1. The molecular formula is C27H40O2. The number of carbonyl (C=O) groups is 1. The average molecular weight is 397 g/mol. The van der Waals surface area contributed by atoms with E-state index < -0.39 is 0 Å². The molecule has 0 spiro atoms. The lowest BCUT2D eigenvalue weighted by Gasteiger charge is -2.51. The van der Waals surface area contributed by atoms with E-state index >= 15 is 0 Å². The van der Waals surface area contributed by atoms with E-state index in [-0.39, 0.29) is 22.7 Å². The summed E-state index contributed by atoms with van der Waals surface area (Å²) in [6, 6.07) is 0. The first kappa shape index (κ1) is 21.1. The predicted molar refractivity (Wildman–Crippen MR) is 119 cm³/mol. The molecule has 0 aromatic carbocycles. The second-order valence-electron chi connectivity index (χ2n) is 11.3. The summed E-state index contributed by atoms with van der Waals surface area (Å²) in [5.41, 5.74) is 4.08. The highest BCUT2D eigenvalue weighted by Gasteiger charge is 2.56. The van der Waals surface area contributed by atoms with Crippen LogP contribution in [0.4, 0.5) is 0 Å². The van der Waals surface area contributed by atoms with E-state index in [0.717, 1.165) is 32.1 Å². The molecule has 2 fully saturated rings. The normalized spacial score (nSPS) is 40.7. The molecule has 29 heavy (non-hydrogen) atoms. The van der Waals surface area contributed by atoms with Gasteiger partial charge in [0.05, 0.1) is 6.10 Å². The van der Waals surface area contributed by atoms with Gasteiger partial charge in [-0.15, -0.1) is 0 Å². The summed E-state index contributed by atoms with van der Waals surface area (Å²) in [5, 5.41) is 10.2. The molecule has 0 radical (unpaired) electrons. The van der Waals surface area contributed by atoms with Gasteiger partial charge in [-0.2, -0.15) is 0 Å². The maximum Gasteiger partial charge on any atom is 0.182 e. The van der Waals surface area contributed by atoms with Crippen LogP contribution in [0.5, 0.6) is 0 Å². The van der Waals surface area contributed by atoms with E-state index in [0.29, 0.717) is 30.1 Å². The largest absolute Gasteiger partial charge is 0.393 e. The van der Waals surface area contributed by atoms with Crippen molar-refractivity contribution in [3.63, 3.8) is 0 Å². The van der Waals surface area contributed by atoms with Crippen molar-refractivity contribution in [3.8, 4) is 0 Å². The first-order chi connectivity index (χ1) is 13.7. The number of fused-ring (bicyclic) bond motifs is 4. The Hall–Kier alpha value is -1.15. The summed E-state index contributed by atoms with van der Waals surface area (Å²) in [4.78, 5) is 13.3. The molecule has 0 heterocycles. The Bertz CT molecular complexity index is 769. The third kappa shape index (κ3) is 3.40. The molecule has 0 amide bonds. The first-order valence-electron chi connectivity index (χ1n) is 12.0. The minimum Gasteiger partial charge on any atom is -0.393 e. The molecule has 0 aromatic rings. The molecular weight excluding hydrogens is 356 g/mol. The van der Waals surface area contributed by atoms with Crippen LogP contribution in [0, 0.1) is 34.5 Å². The van der Waals surface area contributed by atoms with Crippen molar-refractivity contribution in [2.45, 2.75) is 92.1 Å². The molecule has 6 atom stereocenters. The smallest absolute Gasteiger partial charge is 0.182 e. The van der Waals surface area contributed by atoms with E-state index in [9.17, 15) is 9.90 Å². The highest BCUT2D eigenvalue weighted by Crippen LogP contribution is 2.64. The van der Waals surface area contributed by atoms with Crippen LogP contribution in [0.25, 0.3) is 0 Å². The molecule has 4 aliphatic rings. The van der Waals surface area contributed by atoms with Crippen molar-refractivity contribution in [3.05, 3.63) is 34.9 Å². The van der Waals surface area contributed by atoms with Crippen LogP contribution in [-0.2, 0) is 4.79 Å². The van der Waals surface area contributed by atoms with Crippen molar-refractivity contribution >= 4 is 5.78 Å². The monoisotopic (exact) mass is 396 g/mol. The van der Waals surface area contributed by atoms with Crippen molar-refractivity contribution in [1.29, 1.82) is 0 Å². The zero-order valence-electron chi connectivity index (χ0n) is 19.1. The molecule has 2 nitrogen and oxygen atoms in total. The standard InChI is InChI=1S/C27H40O2/c1-17(2)7-6-8-18(3)21-9-10-22-25-23(12-14-27(21,22)5)26(4)13-11-20(28)15-19(26)16-24(25)29/h6,8,16-18,20-22,28H,7,9-15H2,1-5H3/b8-6+/t18-,20+,21-,22+,26+,27-/m1/s1. The van der Waals surface area contributed by atoms with Crippen molar-refractivity contribution < 1.29 is 9.90 Å². The summed E-state index contributed by atoms with van der Waals surface area (Å²) in [6.07, 6.45) is 14.9. The lowest BCUT2D eigenvalue weighted by Crippen LogP contribution is -2.44. The molecule has 0 aliphatic heterocycles. The number of aliphatic hydroxyl groups excluding tert-OH is 1. The summed E-state index contributed by atoms with van der Waals surface area (Å²) >= 11 is 0. The summed E-state index contributed by atoms with van der Waals surface area (Å²) < 4.78 is 0. The maximum atomic E-state index is 13.3. The van der Waals surface area contributed by atoms with Gasteiger partial charge in [0.25, 0.3) is 0 Å². The Morgan fingerprint density at radius 1 is 1.17 bits per heavy atom. The molecule has 0 saturated heterocycles. The van der Waals surface area contributed by atoms with Crippen LogP contribution >= 0.6 is 0 Å².